The van der Waals surface area contributed by atoms with Gasteiger partial charge in [-0.15, -0.1) is 0 Å². The monoisotopic (exact) mass is 337 g/mol. The van der Waals surface area contributed by atoms with Crippen molar-refractivity contribution < 1.29 is 14.1 Å². The van der Waals surface area contributed by atoms with E-state index in [0.29, 0.717) is 24.0 Å². The van der Waals surface area contributed by atoms with Crippen molar-refractivity contribution in [2.45, 2.75) is 20.4 Å². The Bertz CT molecular complexity index is 839. The van der Waals surface area contributed by atoms with Gasteiger partial charge >= 0.3 is 0 Å². The van der Waals surface area contributed by atoms with Crippen LogP contribution in [0.4, 0.5) is 0 Å². The van der Waals surface area contributed by atoms with Crippen LogP contribution in [0.3, 0.4) is 0 Å². The van der Waals surface area contributed by atoms with Crippen LogP contribution in [-0.4, -0.2) is 22.7 Å². The van der Waals surface area contributed by atoms with Gasteiger partial charge in [-0.2, -0.15) is 4.98 Å². The molecule has 0 saturated carbocycles. The fraction of sp³-hybridized carbons (Fsp3) is 0.211. The van der Waals surface area contributed by atoms with Crippen molar-refractivity contribution in [3.8, 4) is 17.1 Å². The van der Waals surface area contributed by atoms with Crippen LogP contribution in [0.25, 0.3) is 11.4 Å². The summed E-state index contributed by atoms with van der Waals surface area (Å²) in [7, 11) is 0. The second-order valence-corrected chi connectivity index (χ2v) is 5.71. The molecule has 0 fully saturated rings. The molecular formula is C19H19N3O3. The topological polar surface area (TPSA) is 77.2 Å². The van der Waals surface area contributed by atoms with Crippen LogP contribution < -0.4 is 10.1 Å². The molecule has 0 radical (unpaired) electrons. The number of rotatable bonds is 6. The van der Waals surface area contributed by atoms with E-state index in [4.69, 9.17) is 9.26 Å². The third kappa shape index (κ3) is 4.67. The summed E-state index contributed by atoms with van der Waals surface area (Å²) in [5, 5.41) is 6.69. The highest BCUT2D eigenvalue weighted by Crippen LogP contribution is 2.19. The minimum Gasteiger partial charge on any atom is -0.484 e. The molecule has 1 heterocycles. The Morgan fingerprint density at radius 2 is 1.80 bits per heavy atom. The van der Waals surface area contributed by atoms with Crippen molar-refractivity contribution in [3.63, 3.8) is 0 Å². The molecule has 0 spiro atoms. The molecular weight excluding hydrogens is 318 g/mol. The van der Waals surface area contributed by atoms with E-state index in [1.54, 1.807) is 19.1 Å². The third-order valence-electron chi connectivity index (χ3n) is 3.62. The van der Waals surface area contributed by atoms with E-state index in [1.807, 2.05) is 43.3 Å². The van der Waals surface area contributed by atoms with Crippen LogP contribution in [0.2, 0.25) is 0 Å². The molecule has 0 aliphatic carbocycles. The summed E-state index contributed by atoms with van der Waals surface area (Å²) in [6, 6.07) is 15.2. The smallest absolute Gasteiger partial charge is 0.258 e. The van der Waals surface area contributed by atoms with E-state index >= 15 is 0 Å². The first-order valence-electron chi connectivity index (χ1n) is 7.96. The van der Waals surface area contributed by atoms with Gasteiger partial charge < -0.3 is 14.6 Å². The van der Waals surface area contributed by atoms with Crippen LogP contribution in [0, 0.1) is 13.8 Å². The van der Waals surface area contributed by atoms with E-state index in [0.717, 1.165) is 11.1 Å². The van der Waals surface area contributed by atoms with Crippen LogP contribution >= 0.6 is 0 Å². The van der Waals surface area contributed by atoms with Gasteiger partial charge in [0.1, 0.15) is 5.75 Å². The highest BCUT2D eigenvalue weighted by molar-refractivity contribution is 5.77. The molecule has 3 rings (SSSR count). The largest absolute Gasteiger partial charge is 0.484 e. The summed E-state index contributed by atoms with van der Waals surface area (Å²) in [5.74, 6) is 1.48. The van der Waals surface area contributed by atoms with E-state index in [2.05, 4.69) is 15.5 Å². The number of carbonyl (C=O) groups excluding carboxylic acids is 1. The first-order valence-corrected chi connectivity index (χ1v) is 7.96. The Morgan fingerprint density at radius 3 is 2.44 bits per heavy atom. The van der Waals surface area contributed by atoms with Crippen LogP contribution in [0.5, 0.6) is 5.75 Å². The van der Waals surface area contributed by atoms with Crippen molar-refractivity contribution in [1.82, 2.24) is 15.5 Å². The average Bonchev–Trinajstić information content (AvgIpc) is 3.06. The number of benzene rings is 2. The summed E-state index contributed by atoms with van der Waals surface area (Å²) in [5.41, 5.74) is 3.07. The quantitative estimate of drug-likeness (QED) is 0.748. The van der Waals surface area contributed by atoms with Gasteiger partial charge in [0, 0.05) is 19.0 Å². The molecule has 2 aromatic carbocycles. The molecule has 0 aliphatic heterocycles. The highest BCUT2D eigenvalue weighted by Gasteiger charge is 2.07. The van der Waals surface area contributed by atoms with Crippen LogP contribution in [-0.2, 0) is 11.3 Å². The molecule has 0 atom stereocenters. The van der Waals surface area contributed by atoms with Crippen LogP contribution in [0.1, 0.15) is 17.0 Å². The third-order valence-corrected chi connectivity index (χ3v) is 3.62. The fourth-order valence-electron chi connectivity index (χ4n) is 2.22. The Balaban J connectivity index is 1.47. The van der Waals surface area contributed by atoms with Gasteiger partial charge in [0.15, 0.2) is 6.61 Å². The van der Waals surface area contributed by atoms with E-state index < -0.39 is 0 Å². The molecule has 0 saturated heterocycles. The Hall–Kier alpha value is -3.15. The lowest BCUT2D eigenvalue weighted by atomic mass is 10.1. The number of amides is 1. The lowest BCUT2D eigenvalue weighted by Crippen LogP contribution is -2.28. The maximum atomic E-state index is 11.9. The molecule has 0 aliphatic rings. The lowest BCUT2D eigenvalue weighted by molar-refractivity contribution is -0.123. The predicted molar refractivity (Wildman–Crippen MR) is 93.0 cm³/mol. The Kier molecular flexibility index (Phi) is 5.09. The number of aryl methyl sites for hydroxylation is 2. The van der Waals surface area contributed by atoms with Crippen molar-refractivity contribution >= 4 is 5.91 Å². The molecule has 6 heteroatoms. The number of hydrogen-bond donors (Lipinski definition) is 1. The standard InChI is InChI=1S/C19H19N3O3/c1-13-3-5-15(6-4-13)11-20-18(23)12-24-17-9-7-16(8-10-17)19-21-14(2)25-22-19/h3-10H,11-12H2,1-2H3,(H,20,23). The molecule has 0 unspecified atom stereocenters. The minimum absolute atomic E-state index is 0.0352. The predicted octanol–water partition coefficient (Wildman–Crippen LogP) is 3.05. The molecule has 1 amide bonds. The number of nitrogens with one attached hydrogen (secondary N) is 1. The van der Waals surface area contributed by atoms with E-state index in [-0.39, 0.29) is 12.5 Å². The normalized spacial score (nSPS) is 10.5. The van der Waals surface area contributed by atoms with Crippen molar-refractivity contribution in [2.75, 3.05) is 6.61 Å². The molecule has 6 nitrogen and oxygen atoms in total. The van der Waals surface area contributed by atoms with Gasteiger partial charge in [-0.3, -0.25) is 4.79 Å². The summed E-state index contributed by atoms with van der Waals surface area (Å²) in [6.45, 7) is 4.22. The summed E-state index contributed by atoms with van der Waals surface area (Å²) >= 11 is 0. The second-order valence-electron chi connectivity index (χ2n) is 5.71. The van der Waals surface area contributed by atoms with E-state index in [1.165, 1.54) is 5.56 Å². The summed E-state index contributed by atoms with van der Waals surface area (Å²) in [6.07, 6.45) is 0. The number of hydrogen-bond acceptors (Lipinski definition) is 5. The van der Waals surface area contributed by atoms with Crippen molar-refractivity contribution in [3.05, 3.63) is 65.5 Å². The van der Waals surface area contributed by atoms with Crippen molar-refractivity contribution in [2.24, 2.45) is 0 Å². The van der Waals surface area contributed by atoms with E-state index in [9.17, 15) is 4.79 Å². The molecule has 0 bridgehead atoms. The number of carbonyl (C=O) groups is 1. The van der Waals surface area contributed by atoms with Gasteiger partial charge in [0.2, 0.25) is 11.7 Å². The first-order chi connectivity index (χ1) is 12.1. The van der Waals surface area contributed by atoms with Crippen molar-refractivity contribution in [1.29, 1.82) is 0 Å². The maximum Gasteiger partial charge on any atom is 0.258 e. The maximum absolute atomic E-state index is 11.9. The van der Waals surface area contributed by atoms with Gasteiger partial charge in [-0.25, -0.2) is 0 Å². The zero-order valence-corrected chi connectivity index (χ0v) is 14.2. The summed E-state index contributed by atoms with van der Waals surface area (Å²) in [4.78, 5) is 16.0. The Labute approximate surface area is 145 Å². The number of aromatic nitrogens is 2. The zero-order valence-electron chi connectivity index (χ0n) is 14.2. The van der Waals surface area contributed by atoms with Gasteiger partial charge in [0.05, 0.1) is 0 Å². The highest BCUT2D eigenvalue weighted by atomic mass is 16.5. The molecule has 1 N–H and O–H groups in total. The first kappa shape index (κ1) is 16.7. The number of nitrogens with zero attached hydrogens (tertiary/aromatic N) is 2. The number of ether oxygens (including phenoxy) is 1. The average molecular weight is 337 g/mol. The second kappa shape index (κ2) is 7.61. The van der Waals surface area contributed by atoms with Crippen LogP contribution in [0.15, 0.2) is 53.1 Å². The molecule has 1 aromatic heterocycles. The molecule has 3 aromatic rings. The van der Waals surface area contributed by atoms with Gasteiger partial charge in [-0.1, -0.05) is 35.0 Å². The molecule has 25 heavy (non-hydrogen) atoms. The fourth-order valence-corrected chi connectivity index (χ4v) is 2.22. The minimum atomic E-state index is -0.168. The molecule has 128 valence electrons. The SMILES string of the molecule is Cc1ccc(CNC(=O)COc2ccc(-c3noc(C)n3)cc2)cc1. The van der Waals surface area contributed by atoms with Gasteiger partial charge in [0.25, 0.3) is 5.91 Å². The summed E-state index contributed by atoms with van der Waals surface area (Å²) < 4.78 is 10.4. The zero-order chi connectivity index (χ0) is 17.6. The lowest BCUT2D eigenvalue weighted by Gasteiger charge is -2.08. The Morgan fingerprint density at radius 1 is 1.08 bits per heavy atom. The van der Waals surface area contributed by atoms with Gasteiger partial charge in [-0.05, 0) is 36.8 Å².